The molecule has 0 saturated carbocycles. The third-order valence-electron chi connectivity index (χ3n) is 3.45. The first-order chi connectivity index (χ1) is 11.5. The predicted molar refractivity (Wildman–Crippen MR) is 83.3 cm³/mol. The summed E-state index contributed by atoms with van der Waals surface area (Å²) in [4.78, 5) is 28.3. The number of esters is 2. The van der Waals surface area contributed by atoms with Crippen LogP contribution in [0.25, 0.3) is 20.9 Å². The van der Waals surface area contributed by atoms with Crippen LogP contribution in [0.5, 0.6) is 11.5 Å². The highest BCUT2D eigenvalue weighted by molar-refractivity contribution is 5.86. The minimum absolute atomic E-state index is 0.0494. The first-order valence-corrected chi connectivity index (χ1v) is 7.18. The molecule has 0 heterocycles. The highest BCUT2D eigenvalue weighted by Gasteiger charge is 2.28. The third kappa shape index (κ3) is 3.40. The van der Waals surface area contributed by atoms with E-state index in [9.17, 15) is 9.59 Å². The lowest BCUT2D eigenvalue weighted by Gasteiger charge is -2.24. The lowest BCUT2D eigenvalue weighted by molar-refractivity contribution is -0.133. The second-order valence-corrected chi connectivity index (χ2v) is 5.09. The van der Waals surface area contributed by atoms with E-state index in [1.54, 1.807) is 0 Å². The van der Waals surface area contributed by atoms with Gasteiger partial charge in [-0.2, -0.15) is 0 Å². The number of carbonyl (C=O) groups is 2. The van der Waals surface area contributed by atoms with Gasteiger partial charge in [0.2, 0.25) is 0 Å². The van der Waals surface area contributed by atoms with Crippen molar-refractivity contribution >= 4 is 23.3 Å². The first kappa shape index (κ1) is 17.1. The summed E-state index contributed by atoms with van der Waals surface area (Å²) in [6.07, 6.45) is 2.77. The molecule has 0 aromatic heterocycles. The van der Waals surface area contributed by atoms with E-state index in [4.69, 9.17) is 20.5 Å². The number of rotatable bonds is 4. The summed E-state index contributed by atoms with van der Waals surface area (Å²) in [7, 11) is 0. The molecule has 0 aliphatic heterocycles. The molecule has 0 bridgehead atoms. The Morgan fingerprint density at radius 2 is 1.25 bits per heavy atom. The minimum Gasteiger partial charge on any atom is -0.426 e. The summed E-state index contributed by atoms with van der Waals surface area (Å²) >= 11 is 0. The summed E-state index contributed by atoms with van der Waals surface area (Å²) < 4.78 is 10.4. The number of ether oxygens (including phenoxy) is 2. The van der Waals surface area contributed by atoms with Crippen molar-refractivity contribution in [1.82, 2.24) is 0 Å². The van der Waals surface area contributed by atoms with E-state index >= 15 is 0 Å². The molecular formula is C14H14N6O4. The zero-order valence-electron chi connectivity index (χ0n) is 13.1. The molecule has 2 rings (SSSR count). The summed E-state index contributed by atoms with van der Waals surface area (Å²) in [6.45, 7) is 2.42. The maximum Gasteiger partial charge on any atom is 0.308 e. The fraction of sp³-hybridized carbons (Fsp3) is 0.429. The fourth-order valence-corrected chi connectivity index (χ4v) is 2.69. The van der Waals surface area contributed by atoms with Crippen molar-refractivity contribution in [1.29, 1.82) is 0 Å². The minimum atomic E-state index is -0.607. The Balaban J connectivity index is 2.91. The molecule has 124 valence electrons. The van der Waals surface area contributed by atoms with Crippen LogP contribution >= 0.6 is 0 Å². The fourth-order valence-electron chi connectivity index (χ4n) is 2.69. The summed E-state index contributed by atoms with van der Waals surface area (Å²) in [5.41, 5.74) is 18.6. The smallest absolute Gasteiger partial charge is 0.308 e. The Morgan fingerprint density at radius 1 is 0.875 bits per heavy atom. The summed E-state index contributed by atoms with van der Waals surface area (Å²) in [5, 5.41) is 7.00. The maximum absolute atomic E-state index is 11.4. The second kappa shape index (κ2) is 7.36. The van der Waals surface area contributed by atoms with Crippen LogP contribution in [-0.2, 0) is 22.4 Å². The first-order valence-electron chi connectivity index (χ1n) is 7.18. The van der Waals surface area contributed by atoms with E-state index < -0.39 is 11.9 Å². The van der Waals surface area contributed by atoms with Gasteiger partial charge in [-0.05, 0) is 36.7 Å². The molecule has 1 aliphatic rings. The van der Waals surface area contributed by atoms with Crippen LogP contribution in [0, 0.1) is 0 Å². The zero-order valence-corrected chi connectivity index (χ0v) is 13.1. The van der Waals surface area contributed by atoms with Gasteiger partial charge in [-0.3, -0.25) is 9.59 Å². The SMILES string of the molecule is CC(=O)Oc1c2c(c(OC(C)=O)c(N=[N+]=[N-])c1N=[N+]=[N-])CCCC2. The van der Waals surface area contributed by atoms with E-state index in [-0.39, 0.29) is 22.9 Å². The molecule has 0 saturated heterocycles. The van der Waals surface area contributed by atoms with E-state index in [0.29, 0.717) is 24.0 Å². The number of nitrogens with zero attached hydrogens (tertiary/aromatic N) is 6. The van der Waals surface area contributed by atoms with Crippen LogP contribution in [0.3, 0.4) is 0 Å². The molecule has 10 heteroatoms. The highest BCUT2D eigenvalue weighted by atomic mass is 16.5. The molecule has 1 aliphatic carbocycles. The number of benzene rings is 1. The predicted octanol–water partition coefficient (Wildman–Crippen LogP) is 4.30. The molecule has 24 heavy (non-hydrogen) atoms. The van der Waals surface area contributed by atoms with Gasteiger partial charge >= 0.3 is 11.9 Å². The molecule has 0 amide bonds. The van der Waals surface area contributed by atoms with Gasteiger partial charge < -0.3 is 9.47 Å². The van der Waals surface area contributed by atoms with Crippen LogP contribution in [0.1, 0.15) is 37.8 Å². The topological polar surface area (TPSA) is 150 Å². The average molecular weight is 330 g/mol. The quantitative estimate of drug-likeness (QED) is 0.266. The van der Waals surface area contributed by atoms with E-state index in [1.165, 1.54) is 13.8 Å². The van der Waals surface area contributed by atoms with Crippen molar-refractivity contribution in [2.24, 2.45) is 10.2 Å². The van der Waals surface area contributed by atoms with Crippen molar-refractivity contribution in [3.05, 3.63) is 32.0 Å². The van der Waals surface area contributed by atoms with Crippen LogP contribution in [0.2, 0.25) is 0 Å². The normalized spacial score (nSPS) is 12.2. The van der Waals surface area contributed by atoms with Gasteiger partial charge in [-0.15, -0.1) is 0 Å². The standard InChI is InChI=1S/C14H14N6O4/c1-7(21)23-13-9-5-3-4-6-10(9)14(24-8(2)22)12(18-20-16)11(13)17-19-15/h3-6H2,1-2H3. The number of fused-ring (bicyclic) bond motifs is 1. The molecule has 0 atom stereocenters. The van der Waals surface area contributed by atoms with Crippen molar-refractivity contribution in [2.45, 2.75) is 39.5 Å². The molecule has 0 fully saturated rings. The Labute approximate surface area is 136 Å². The molecule has 0 unspecified atom stereocenters. The van der Waals surface area contributed by atoms with E-state index in [1.807, 2.05) is 0 Å². The van der Waals surface area contributed by atoms with Gasteiger partial charge in [0.25, 0.3) is 0 Å². The van der Waals surface area contributed by atoms with Crippen LogP contribution in [-0.4, -0.2) is 11.9 Å². The number of hydrogen-bond acceptors (Lipinski definition) is 6. The number of azide groups is 2. The van der Waals surface area contributed by atoms with Gasteiger partial charge in [-0.25, -0.2) is 0 Å². The monoisotopic (exact) mass is 330 g/mol. The Kier molecular flexibility index (Phi) is 5.26. The number of carbonyl (C=O) groups excluding carboxylic acids is 2. The van der Waals surface area contributed by atoms with Gasteiger partial charge in [-0.1, -0.05) is 10.2 Å². The van der Waals surface area contributed by atoms with Crippen LogP contribution in [0.4, 0.5) is 11.4 Å². The van der Waals surface area contributed by atoms with Gasteiger partial charge in [0.05, 0.1) is 11.4 Å². The second-order valence-electron chi connectivity index (χ2n) is 5.09. The maximum atomic E-state index is 11.4. The van der Waals surface area contributed by atoms with Gasteiger partial charge in [0.15, 0.2) is 0 Å². The van der Waals surface area contributed by atoms with E-state index in [0.717, 1.165) is 12.8 Å². The average Bonchev–Trinajstić information content (AvgIpc) is 2.53. The van der Waals surface area contributed by atoms with Crippen LogP contribution < -0.4 is 9.47 Å². The zero-order chi connectivity index (χ0) is 17.7. The largest absolute Gasteiger partial charge is 0.426 e. The van der Waals surface area contributed by atoms with Crippen molar-refractivity contribution < 1.29 is 19.1 Å². The molecule has 1 aromatic rings. The van der Waals surface area contributed by atoms with Crippen LogP contribution in [0.15, 0.2) is 10.2 Å². The summed E-state index contributed by atoms with van der Waals surface area (Å²) in [6, 6.07) is 0. The van der Waals surface area contributed by atoms with Crippen molar-refractivity contribution in [2.75, 3.05) is 0 Å². The highest BCUT2D eigenvalue weighted by Crippen LogP contribution is 2.52. The molecule has 0 radical (unpaired) electrons. The number of hydrogen-bond donors (Lipinski definition) is 0. The lowest BCUT2D eigenvalue weighted by Crippen LogP contribution is -2.13. The van der Waals surface area contributed by atoms with Crippen molar-refractivity contribution in [3.8, 4) is 11.5 Å². The van der Waals surface area contributed by atoms with Gasteiger partial charge in [0, 0.05) is 34.8 Å². The molecule has 0 spiro atoms. The molecule has 1 aromatic carbocycles. The molecular weight excluding hydrogens is 316 g/mol. The van der Waals surface area contributed by atoms with E-state index in [2.05, 4.69) is 20.1 Å². The summed E-state index contributed by atoms with van der Waals surface area (Å²) in [5.74, 6) is -1.12. The lowest BCUT2D eigenvalue weighted by atomic mass is 9.88. The van der Waals surface area contributed by atoms with Crippen molar-refractivity contribution in [3.63, 3.8) is 0 Å². The Hall–Kier alpha value is -3.22. The third-order valence-corrected chi connectivity index (χ3v) is 3.45. The molecule has 0 N–H and O–H groups in total. The molecule has 10 nitrogen and oxygen atoms in total. The van der Waals surface area contributed by atoms with Gasteiger partial charge in [0.1, 0.15) is 11.5 Å². The Bertz CT molecular complexity index is 739. The Morgan fingerprint density at radius 3 is 1.54 bits per heavy atom.